The predicted molar refractivity (Wildman–Crippen MR) is 132 cm³/mol. The van der Waals surface area contributed by atoms with Gasteiger partial charge in [-0.2, -0.15) is 8.61 Å². The van der Waals surface area contributed by atoms with Crippen LogP contribution in [0.15, 0.2) is 99.2 Å². The molecule has 3 aromatic carbocycles. The highest BCUT2D eigenvalue weighted by Crippen LogP contribution is 2.27. The van der Waals surface area contributed by atoms with Crippen molar-refractivity contribution in [2.24, 2.45) is 0 Å². The van der Waals surface area contributed by atoms with Gasteiger partial charge in [0.05, 0.1) is 15.5 Å². The van der Waals surface area contributed by atoms with E-state index in [-0.39, 0.29) is 29.4 Å². The molecule has 3 aromatic rings. The maximum absolute atomic E-state index is 13.4. The zero-order valence-corrected chi connectivity index (χ0v) is 21.1. The summed E-state index contributed by atoms with van der Waals surface area (Å²) in [7, 11) is -7.97. The van der Waals surface area contributed by atoms with Crippen molar-refractivity contribution in [3.05, 3.63) is 89.4 Å². The van der Waals surface area contributed by atoms with Gasteiger partial charge in [0, 0.05) is 24.1 Å². The van der Waals surface area contributed by atoms with E-state index in [0.717, 1.165) is 8.61 Å². The van der Waals surface area contributed by atoms with Crippen LogP contribution < -0.4 is 5.32 Å². The Labute approximate surface area is 207 Å². The van der Waals surface area contributed by atoms with Crippen molar-refractivity contribution >= 4 is 47.6 Å². The number of rotatable bonds is 6. The molecule has 1 heterocycles. The van der Waals surface area contributed by atoms with E-state index in [4.69, 9.17) is 0 Å². The lowest BCUT2D eigenvalue weighted by atomic mass is 10.2. The Hall–Kier alpha value is -2.57. The number of hydrogen-bond donors (Lipinski definition) is 1. The summed E-state index contributed by atoms with van der Waals surface area (Å²) in [5.41, 5.74) is 0.451. The second-order valence-electron chi connectivity index (χ2n) is 7.59. The molecule has 1 aliphatic heterocycles. The van der Waals surface area contributed by atoms with Crippen molar-refractivity contribution in [3.63, 3.8) is 0 Å². The van der Waals surface area contributed by atoms with Crippen LogP contribution in [0.3, 0.4) is 0 Å². The predicted octanol–water partition coefficient (Wildman–Crippen LogP) is 3.15. The molecule has 8 nitrogen and oxygen atoms in total. The molecule has 0 aromatic heterocycles. The van der Waals surface area contributed by atoms with E-state index in [0.29, 0.717) is 10.2 Å². The topological polar surface area (TPSA) is 104 Å². The first-order valence-electron chi connectivity index (χ1n) is 10.4. The first-order chi connectivity index (χ1) is 16.2. The van der Waals surface area contributed by atoms with E-state index >= 15 is 0 Å². The number of carbonyl (C=O) groups excluding carboxylic acids is 1. The zero-order valence-electron chi connectivity index (χ0n) is 17.9. The van der Waals surface area contributed by atoms with Crippen LogP contribution in [0.5, 0.6) is 0 Å². The fraction of sp³-hybridized carbons (Fsp3) is 0.174. The number of anilines is 1. The molecule has 1 N–H and O–H groups in total. The smallest absolute Gasteiger partial charge is 0.244 e. The second-order valence-corrected chi connectivity index (χ2v) is 12.3. The van der Waals surface area contributed by atoms with E-state index in [1.54, 1.807) is 60.7 Å². The van der Waals surface area contributed by atoms with Gasteiger partial charge in [0.15, 0.2) is 0 Å². The van der Waals surface area contributed by atoms with Crippen molar-refractivity contribution in [1.82, 2.24) is 8.61 Å². The van der Waals surface area contributed by atoms with Crippen molar-refractivity contribution in [2.75, 3.05) is 25.0 Å². The van der Waals surface area contributed by atoms with E-state index in [1.165, 1.54) is 24.3 Å². The van der Waals surface area contributed by atoms with Crippen LogP contribution in [0.25, 0.3) is 0 Å². The quantitative estimate of drug-likeness (QED) is 0.496. The molecule has 0 unspecified atom stereocenters. The van der Waals surface area contributed by atoms with Crippen molar-refractivity contribution in [1.29, 1.82) is 0 Å². The summed E-state index contributed by atoms with van der Waals surface area (Å²) in [4.78, 5) is 13.5. The largest absolute Gasteiger partial charge is 0.324 e. The fourth-order valence-corrected chi connectivity index (χ4v) is 7.14. The number of para-hydroxylation sites is 1. The number of nitrogens with one attached hydrogen (secondary N) is 1. The van der Waals surface area contributed by atoms with E-state index < -0.39 is 32.0 Å². The molecule has 0 saturated carbocycles. The highest BCUT2D eigenvalue weighted by Gasteiger charge is 2.43. The third kappa shape index (κ3) is 4.93. The molecule has 0 radical (unpaired) electrons. The number of sulfonamides is 2. The minimum atomic E-state index is -4.05. The van der Waals surface area contributed by atoms with Crippen LogP contribution in [-0.2, 0) is 24.8 Å². The van der Waals surface area contributed by atoms with Gasteiger partial charge in [-0.05, 0) is 52.3 Å². The van der Waals surface area contributed by atoms with Crippen LogP contribution in [0.4, 0.5) is 5.69 Å². The second kappa shape index (κ2) is 9.96. The van der Waals surface area contributed by atoms with E-state index in [1.807, 2.05) is 0 Å². The van der Waals surface area contributed by atoms with Gasteiger partial charge in [-0.25, -0.2) is 16.8 Å². The fourth-order valence-electron chi connectivity index (χ4n) is 3.71. The van der Waals surface area contributed by atoms with Gasteiger partial charge in [-0.3, -0.25) is 4.79 Å². The standard InChI is InChI=1S/C23H22BrN3O5S2/c24-20-13-7-8-14-21(20)25-23(28)22-17-26(33(29,30)18-9-3-1-4-10-18)15-16-27(22)34(31,32)19-11-5-2-6-12-19/h1-14,22H,15-17H2,(H,25,28)/t22-/m1/s1. The highest BCUT2D eigenvalue weighted by atomic mass is 79.9. The Balaban J connectivity index is 1.70. The Morgan fingerprint density at radius 3 is 1.88 bits per heavy atom. The molecular weight excluding hydrogens is 542 g/mol. The summed E-state index contributed by atoms with van der Waals surface area (Å²) >= 11 is 3.36. The molecule has 178 valence electrons. The lowest BCUT2D eigenvalue weighted by Gasteiger charge is -2.39. The number of amides is 1. The van der Waals surface area contributed by atoms with Gasteiger partial charge in [0.25, 0.3) is 0 Å². The molecule has 1 atom stereocenters. The van der Waals surface area contributed by atoms with Crippen LogP contribution in [0.1, 0.15) is 0 Å². The molecular formula is C23H22BrN3O5S2. The Kier molecular flexibility index (Phi) is 7.20. The number of benzene rings is 3. The molecule has 0 bridgehead atoms. The maximum Gasteiger partial charge on any atom is 0.244 e. The average Bonchev–Trinajstić information content (AvgIpc) is 2.86. The third-order valence-electron chi connectivity index (χ3n) is 5.46. The van der Waals surface area contributed by atoms with Gasteiger partial charge in [0.1, 0.15) is 6.04 Å². The van der Waals surface area contributed by atoms with Gasteiger partial charge < -0.3 is 5.32 Å². The molecule has 11 heteroatoms. The summed E-state index contributed by atoms with van der Waals surface area (Å²) in [5.74, 6) is -0.626. The summed E-state index contributed by atoms with van der Waals surface area (Å²) < 4.78 is 56.1. The van der Waals surface area contributed by atoms with Crippen LogP contribution in [-0.4, -0.2) is 57.0 Å². The number of nitrogens with zero attached hydrogens (tertiary/aromatic N) is 2. The number of halogens is 1. The van der Waals surface area contributed by atoms with Gasteiger partial charge in [0.2, 0.25) is 26.0 Å². The van der Waals surface area contributed by atoms with E-state index in [9.17, 15) is 21.6 Å². The molecule has 4 rings (SSSR count). The molecule has 1 saturated heterocycles. The minimum Gasteiger partial charge on any atom is -0.324 e. The molecule has 0 spiro atoms. The van der Waals surface area contributed by atoms with Gasteiger partial charge in [-0.1, -0.05) is 48.5 Å². The summed E-state index contributed by atoms with van der Waals surface area (Å²) in [6.45, 7) is -0.570. The SMILES string of the molecule is O=C(Nc1ccccc1Br)[C@H]1CN(S(=O)(=O)c2ccccc2)CCN1S(=O)(=O)c1ccccc1. The summed E-state index contributed by atoms with van der Waals surface area (Å²) in [6, 6.07) is 21.3. The lowest BCUT2D eigenvalue weighted by molar-refractivity contribution is -0.120. The first-order valence-corrected chi connectivity index (χ1v) is 14.1. The normalized spacial score (nSPS) is 17.9. The number of hydrogen-bond acceptors (Lipinski definition) is 5. The molecule has 1 fully saturated rings. The monoisotopic (exact) mass is 563 g/mol. The van der Waals surface area contributed by atoms with Crippen molar-refractivity contribution in [3.8, 4) is 0 Å². The molecule has 1 aliphatic rings. The zero-order chi connectivity index (χ0) is 24.3. The van der Waals surface area contributed by atoms with Crippen LogP contribution in [0.2, 0.25) is 0 Å². The average molecular weight is 564 g/mol. The summed E-state index contributed by atoms with van der Waals surface area (Å²) in [6.07, 6.45) is 0. The molecule has 34 heavy (non-hydrogen) atoms. The number of carbonyl (C=O) groups is 1. The number of piperazine rings is 1. The Morgan fingerprint density at radius 2 is 1.29 bits per heavy atom. The Morgan fingerprint density at radius 1 is 0.765 bits per heavy atom. The minimum absolute atomic E-state index is 0.0352. The van der Waals surface area contributed by atoms with Crippen LogP contribution >= 0.6 is 15.9 Å². The van der Waals surface area contributed by atoms with Crippen molar-refractivity contribution in [2.45, 2.75) is 15.8 Å². The maximum atomic E-state index is 13.4. The van der Waals surface area contributed by atoms with Crippen molar-refractivity contribution < 1.29 is 21.6 Å². The highest BCUT2D eigenvalue weighted by molar-refractivity contribution is 9.10. The van der Waals surface area contributed by atoms with Gasteiger partial charge in [-0.15, -0.1) is 0 Å². The summed E-state index contributed by atoms with van der Waals surface area (Å²) in [5, 5.41) is 2.73. The molecule has 0 aliphatic carbocycles. The van der Waals surface area contributed by atoms with Crippen LogP contribution in [0, 0.1) is 0 Å². The molecule has 1 amide bonds. The van der Waals surface area contributed by atoms with Gasteiger partial charge >= 0.3 is 0 Å². The van der Waals surface area contributed by atoms with E-state index in [2.05, 4.69) is 21.2 Å². The first kappa shape index (κ1) is 24.6. The third-order valence-corrected chi connectivity index (χ3v) is 9.95. The lowest BCUT2D eigenvalue weighted by Crippen LogP contribution is -2.60. The Bertz CT molecular complexity index is 1380.